The van der Waals surface area contributed by atoms with Gasteiger partial charge >= 0.3 is 0 Å². The van der Waals surface area contributed by atoms with Crippen molar-refractivity contribution in [1.29, 1.82) is 0 Å². The van der Waals surface area contributed by atoms with Crippen LogP contribution in [-0.2, 0) is 19.6 Å². The first-order valence-corrected chi connectivity index (χ1v) is 10.7. The average molecular weight is 428 g/mol. The van der Waals surface area contributed by atoms with E-state index in [0.29, 0.717) is 26.3 Å². The number of nitro groups is 1. The molecule has 160 valence electrons. The highest BCUT2D eigenvalue weighted by molar-refractivity contribution is 7.89. The van der Waals surface area contributed by atoms with Crippen molar-refractivity contribution in [1.82, 2.24) is 14.1 Å². The van der Waals surface area contributed by atoms with E-state index >= 15 is 0 Å². The average Bonchev–Trinajstić information content (AvgIpc) is 2.74. The summed E-state index contributed by atoms with van der Waals surface area (Å²) >= 11 is 0. The maximum absolute atomic E-state index is 13.0. The van der Waals surface area contributed by atoms with Crippen LogP contribution in [0.5, 0.6) is 5.75 Å². The summed E-state index contributed by atoms with van der Waals surface area (Å²) in [5.74, 6) is 0.147. The molecular weight excluding hydrogens is 404 g/mol. The Morgan fingerprint density at radius 1 is 1.17 bits per heavy atom. The number of morpholine rings is 1. The molecule has 1 aromatic rings. The third-order valence-electron chi connectivity index (χ3n) is 5.03. The number of ether oxygens (including phenoxy) is 2. The molecule has 11 nitrogen and oxygen atoms in total. The van der Waals surface area contributed by atoms with Gasteiger partial charge in [0.2, 0.25) is 15.9 Å². The van der Waals surface area contributed by atoms with Crippen molar-refractivity contribution < 1.29 is 27.6 Å². The molecule has 0 aromatic heterocycles. The molecule has 3 rings (SSSR count). The Balaban J connectivity index is 1.67. The van der Waals surface area contributed by atoms with E-state index in [9.17, 15) is 23.3 Å². The van der Waals surface area contributed by atoms with Crippen molar-refractivity contribution in [3.05, 3.63) is 28.3 Å². The van der Waals surface area contributed by atoms with E-state index in [1.807, 2.05) is 4.90 Å². The number of hydrogen-bond donors (Lipinski definition) is 0. The highest BCUT2D eigenvalue weighted by Crippen LogP contribution is 2.31. The lowest BCUT2D eigenvalue weighted by atomic mass is 10.3. The maximum atomic E-state index is 13.0. The first-order valence-electron chi connectivity index (χ1n) is 9.23. The summed E-state index contributed by atoms with van der Waals surface area (Å²) in [6.45, 7) is 3.52. The van der Waals surface area contributed by atoms with Crippen LogP contribution in [0, 0.1) is 10.1 Å². The van der Waals surface area contributed by atoms with Crippen LogP contribution in [0.15, 0.2) is 23.1 Å². The summed E-state index contributed by atoms with van der Waals surface area (Å²) in [7, 11) is -2.72. The van der Waals surface area contributed by atoms with Crippen molar-refractivity contribution in [3.8, 4) is 5.75 Å². The largest absolute Gasteiger partial charge is 0.497 e. The molecule has 1 amide bonds. The number of hydrogen-bond acceptors (Lipinski definition) is 8. The summed E-state index contributed by atoms with van der Waals surface area (Å²) < 4.78 is 37.3. The van der Waals surface area contributed by atoms with Gasteiger partial charge in [0, 0.05) is 39.3 Å². The number of amides is 1. The number of nitrogens with zero attached hydrogens (tertiary/aromatic N) is 4. The van der Waals surface area contributed by atoms with Crippen LogP contribution in [0.3, 0.4) is 0 Å². The molecule has 2 aliphatic heterocycles. The normalized spacial score (nSPS) is 19.1. The highest BCUT2D eigenvalue weighted by atomic mass is 32.2. The molecule has 2 fully saturated rings. The summed E-state index contributed by atoms with van der Waals surface area (Å²) in [5, 5.41) is 11.4. The van der Waals surface area contributed by atoms with Crippen LogP contribution in [0.2, 0.25) is 0 Å². The van der Waals surface area contributed by atoms with Gasteiger partial charge in [0.1, 0.15) is 5.75 Å². The van der Waals surface area contributed by atoms with Gasteiger partial charge in [-0.3, -0.25) is 19.8 Å². The Morgan fingerprint density at radius 2 is 1.83 bits per heavy atom. The minimum atomic E-state index is -4.07. The van der Waals surface area contributed by atoms with Crippen molar-refractivity contribution in [2.45, 2.75) is 4.90 Å². The second-order valence-electron chi connectivity index (χ2n) is 6.76. The zero-order valence-electron chi connectivity index (χ0n) is 16.2. The first-order chi connectivity index (χ1) is 13.8. The molecule has 0 atom stereocenters. The lowest BCUT2D eigenvalue weighted by Crippen LogP contribution is -2.53. The van der Waals surface area contributed by atoms with Crippen LogP contribution >= 0.6 is 0 Å². The van der Waals surface area contributed by atoms with Gasteiger partial charge in [0.15, 0.2) is 4.90 Å². The summed E-state index contributed by atoms with van der Waals surface area (Å²) in [6.07, 6.45) is 0. The Bertz CT molecular complexity index is 863. The van der Waals surface area contributed by atoms with Crippen LogP contribution in [0.1, 0.15) is 0 Å². The van der Waals surface area contributed by atoms with Crippen molar-refractivity contribution in [2.75, 3.05) is 66.1 Å². The minimum Gasteiger partial charge on any atom is -0.497 e. The van der Waals surface area contributed by atoms with Gasteiger partial charge in [-0.05, 0) is 12.1 Å². The van der Waals surface area contributed by atoms with Gasteiger partial charge in [0.05, 0.1) is 37.9 Å². The molecule has 0 radical (unpaired) electrons. The number of sulfonamides is 1. The Labute approximate surface area is 169 Å². The Morgan fingerprint density at radius 3 is 2.41 bits per heavy atom. The molecule has 0 saturated carbocycles. The number of benzene rings is 1. The fourth-order valence-corrected chi connectivity index (χ4v) is 4.91. The molecule has 0 bridgehead atoms. The zero-order valence-corrected chi connectivity index (χ0v) is 17.0. The standard InChI is InChI=1S/C17H24N4O7S/c1-27-14-2-3-16(15(12-14)21(23)24)29(25,26)20-6-4-19(5-7-20)17(22)13-18-8-10-28-11-9-18/h2-3,12H,4-11,13H2,1H3. The molecule has 2 heterocycles. The van der Waals surface area contributed by atoms with E-state index < -0.39 is 20.6 Å². The number of methoxy groups -OCH3 is 1. The lowest BCUT2D eigenvalue weighted by Gasteiger charge is -2.35. The summed E-state index contributed by atoms with van der Waals surface area (Å²) in [6, 6.07) is 3.65. The number of piperazine rings is 1. The molecule has 0 spiro atoms. The Kier molecular flexibility index (Phi) is 6.67. The quantitative estimate of drug-likeness (QED) is 0.450. The molecule has 0 aliphatic carbocycles. The van der Waals surface area contributed by atoms with E-state index in [0.717, 1.165) is 6.07 Å². The molecule has 0 unspecified atom stereocenters. The second-order valence-corrected chi connectivity index (χ2v) is 8.67. The van der Waals surface area contributed by atoms with Gasteiger partial charge in [-0.15, -0.1) is 0 Å². The molecule has 2 aliphatic rings. The third-order valence-corrected chi connectivity index (χ3v) is 6.98. The predicted octanol–water partition coefficient (Wildman–Crippen LogP) is -0.231. The smallest absolute Gasteiger partial charge is 0.293 e. The topological polar surface area (TPSA) is 123 Å². The van der Waals surface area contributed by atoms with E-state index in [1.165, 1.54) is 23.5 Å². The van der Waals surface area contributed by atoms with Crippen molar-refractivity contribution in [2.24, 2.45) is 0 Å². The van der Waals surface area contributed by atoms with Crippen LogP contribution in [0.4, 0.5) is 5.69 Å². The fraction of sp³-hybridized carbons (Fsp3) is 0.588. The van der Waals surface area contributed by atoms with Gasteiger partial charge in [-0.1, -0.05) is 0 Å². The molecule has 12 heteroatoms. The maximum Gasteiger partial charge on any atom is 0.293 e. The number of nitro benzene ring substituents is 1. The predicted molar refractivity (Wildman–Crippen MR) is 102 cm³/mol. The third kappa shape index (κ3) is 4.83. The zero-order chi connectivity index (χ0) is 21.0. The summed E-state index contributed by atoms with van der Waals surface area (Å²) in [5.41, 5.74) is -0.532. The fourth-order valence-electron chi connectivity index (χ4n) is 3.35. The van der Waals surface area contributed by atoms with Crippen molar-refractivity contribution in [3.63, 3.8) is 0 Å². The van der Waals surface area contributed by atoms with E-state index in [2.05, 4.69) is 0 Å². The number of rotatable bonds is 6. The molecule has 2 saturated heterocycles. The van der Waals surface area contributed by atoms with Gasteiger partial charge in [-0.25, -0.2) is 8.42 Å². The molecular formula is C17H24N4O7S. The highest BCUT2D eigenvalue weighted by Gasteiger charge is 2.35. The number of carbonyl (C=O) groups is 1. The summed E-state index contributed by atoms with van der Waals surface area (Å²) in [4.78, 5) is 26.4. The monoisotopic (exact) mass is 428 g/mol. The SMILES string of the molecule is COc1ccc(S(=O)(=O)N2CCN(C(=O)CN3CCOCC3)CC2)c([N+](=O)[O-])c1. The molecule has 29 heavy (non-hydrogen) atoms. The second kappa shape index (κ2) is 9.03. The van der Waals surface area contributed by atoms with Crippen LogP contribution < -0.4 is 4.74 Å². The van der Waals surface area contributed by atoms with Gasteiger partial charge < -0.3 is 14.4 Å². The van der Waals surface area contributed by atoms with Gasteiger partial charge in [0.25, 0.3) is 5.69 Å². The first kappa shape index (κ1) is 21.4. The van der Waals surface area contributed by atoms with Crippen LogP contribution in [-0.4, -0.2) is 99.5 Å². The van der Waals surface area contributed by atoms with E-state index in [-0.39, 0.29) is 49.3 Å². The minimum absolute atomic E-state index is 0.0561. The van der Waals surface area contributed by atoms with Crippen molar-refractivity contribution >= 4 is 21.6 Å². The lowest BCUT2D eigenvalue weighted by molar-refractivity contribution is -0.387. The Hall–Kier alpha value is -2.28. The number of carbonyl (C=O) groups excluding carboxylic acids is 1. The van der Waals surface area contributed by atoms with E-state index in [1.54, 1.807) is 4.90 Å². The van der Waals surface area contributed by atoms with Gasteiger partial charge in [-0.2, -0.15) is 4.31 Å². The molecule has 1 aromatic carbocycles. The molecule has 0 N–H and O–H groups in total. The van der Waals surface area contributed by atoms with E-state index in [4.69, 9.17) is 9.47 Å². The van der Waals surface area contributed by atoms with Crippen LogP contribution in [0.25, 0.3) is 0 Å².